The summed E-state index contributed by atoms with van der Waals surface area (Å²) in [5.74, 6) is -0.383. The normalized spacial score (nSPS) is 11.2. The van der Waals surface area contributed by atoms with Crippen molar-refractivity contribution < 1.29 is 19.2 Å². The molecule has 0 spiro atoms. The fourth-order valence-electron chi connectivity index (χ4n) is 2.21. The van der Waals surface area contributed by atoms with Crippen molar-refractivity contribution in [1.29, 1.82) is 0 Å². The minimum Gasteiger partial charge on any atom is -0.298 e. The third-order valence-electron chi connectivity index (χ3n) is 4.49. The molecule has 6 nitrogen and oxygen atoms in total. The second-order valence-electron chi connectivity index (χ2n) is 8.60. The van der Waals surface area contributed by atoms with Crippen LogP contribution < -0.4 is 0 Å². The van der Waals surface area contributed by atoms with E-state index in [1.807, 2.05) is 55.4 Å². The maximum Gasteiger partial charge on any atom is 0.149 e. The highest BCUT2D eigenvalue weighted by molar-refractivity contribution is 5.86. The summed E-state index contributed by atoms with van der Waals surface area (Å²) in [4.78, 5) is 52.5. The summed E-state index contributed by atoms with van der Waals surface area (Å²) in [5.41, 5.74) is 0. The summed E-state index contributed by atoms with van der Waals surface area (Å²) in [6, 6.07) is 0. The molecular weight excluding hydrogens is 368 g/mol. The van der Waals surface area contributed by atoms with Gasteiger partial charge in [0.2, 0.25) is 0 Å². The van der Waals surface area contributed by atoms with E-state index < -0.39 is 0 Å². The number of ketones is 4. The van der Waals surface area contributed by atoms with E-state index >= 15 is 0 Å². The van der Waals surface area contributed by atoms with Crippen molar-refractivity contribution >= 4 is 23.1 Å². The lowest BCUT2D eigenvalue weighted by Gasteiger charge is -2.30. The van der Waals surface area contributed by atoms with E-state index in [4.69, 9.17) is 0 Å². The second kappa shape index (κ2) is 15.4. The van der Waals surface area contributed by atoms with Crippen LogP contribution in [-0.2, 0) is 19.2 Å². The maximum atomic E-state index is 12.2. The van der Waals surface area contributed by atoms with Crippen molar-refractivity contribution in [3.8, 4) is 0 Å². The van der Waals surface area contributed by atoms with Gasteiger partial charge >= 0.3 is 0 Å². The number of Topliss-reactive ketones (excluding diaryl/α,β-unsaturated/α-hetero) is 4. The minimum atomic E-state index is -0.135. The third kappa shape index (κ3) is 13.4. The van der Waals surface area contributed by atoms with Crippen LogP contribution in [0.5, 0.6) is 0 Å². The van der Waals surface area contributed by atoms with Gasteiger partial charge in [-0.25, -0.2) is 0 Å². The maximum absolute atomic E-state index is 12.2. The molecular formula is C23H46N2O4. The van der Waals surface area contributed by atoms with E-state index in [0.29, 0.717) is 0 Å². The van der Waals surface area contributed by atoms with Crippen LogP contribution in [0.25, 0.3) is 0 Å². The Labute approximate surface area is 179 Å². The fourth-order valence-corrected chi connectivity index (χ4v) is 2.21. The molecule has 0 saturated carbocycles. The van der Waals surface area contributed by atoms with Crippen LogP contribution in [0, 0.1) is 23.7 Å². The molecule has 29 heavy (non-hydrogen) atoms. The molecule has 0 aromatic rings. The van der Waals surface area contributed by atoms with Gasteiger partial charge in [0.1, 0.15) is 23.1 Å². The zero-order valence-electron chi connectivity index (χ0n) is 18.4. The summed E-state index contributed by atoms with van der Waals surface area (Å²) < 4.78 is 0. The van der Waals surface area contributed by atoms with Gasteiger partial charge in [-0.1, -0.05) is 70.2 Å². The molecule has 0 aromatic carbocycles. The predicted octanol–water partition coefficient (Wildman–Crippen LogP) is 3.72. The largest absolute Gasteiger partial charge is 0.298 e. The molecule has 0 amide bonds. The molecule has 6 heteroatoms. The molecule has 0 unspecified atom stereocenters. The molecule has 0 fully saturated rings. The van der Waals surface area contributed by atoms with E-state index in [0.717, 1.165) is 0 Å². The third-order valence-corrected chi connectivity index (χ3v) is 4.49. The average molecular weight is 415 g/mol. The number of hydrogen-bond acceptors (Lipinski definition) is 6. The standard InChI is InChI=1S/C21H38N2O4.2CH4/c1-14(2)18(24)9-22(10-19(25)15(3)4)13-23(11-20(26)16(5)6)12-21(27)17(7)8;;/h14-17H,9-13H2,1-8H3;2*1H4. The van der Waals surface area contributed by atoms with Crippen LogP contribution in [0.4, 0.5) is 0 Å². The molecule has 0 radical (unpaired) electrons. The van der Waals surface area contributed by atoms with Crippen LogP contribution in [0.15, 0.2) is 0 Å². The number of hydrogen-bond donors (Lipinski definition) is 0. The topological polar surface area (TPSA) is 74.8 Å². The average Bonchev–Trinajstić information content (AvgIpc) is 2.53. The Morgan fingerprint density at radius 3 is 0.793 bits per heavy atom. The first kappa shape index (κ1) is 32.3. The highest BCUT2D eigenvalue weighted by Crippen LogP contribution is 2.07. The molecule has 0 aliphatic heterocycles. The van der Waals surface area contributed by atoms with Crippen LogP contribution in [0.3, 0.4) is 0 Å². The molecule has 172 valence electrons. The Hall–Kier alpha value is -1.40. The summed E-state index contributed by atoms with van der Waals surface area (Å²) in [5, 5.41) is 0. The van der Waals surface area contributed by atoms with Gasteiger partial charge in [0.25, 0.3) is 0 Å². The summed E-state index contributed by atoms with van der Waals surface area (Å²) in [7, 11) is 0. The van der Waals surface area contributed by atoms with Gasteiger partial charge in [0, 0.05) is 23.7 Å². The molecule has 0 saturated heterocycles. The van der Waals surface area contributed by atoms with Gasteiger partial charge in [0.15, 0.2) is 0 Å². The van der Waals surface area contributed by atoms with Crippen molar-refractivity contribution in [3.05, 3.63) is 0 Å². The Morgan fingerprint density at radius 1 is 0.483 bits per heavy atom. The SMILES string of the molecule is C.C.CC(C)C(=O)CN(CC(=O)C(C)C)CN(CC(=O)C(C)C)CC(=O)C(C)C. The van der Waals surface area contributed by atoms with Crippen LogP contribution in [0.1, 0.15) is 70.2 Å². The quantitative estimate of drug-likeness (QED) is 0.403. The van der Waals surface area contributed by atoms with Crippen molar-refractivity contribution in [1.82, 2.24) is 9.80 Å². The van der Waals surface area contributed by atoms with E-state index in [9.17, 15) is 19.2 Å². The van der Waals surface area contributed by atoms with Gasteiger partial charge in [-0.05, 0) is 0 Å². The smallest absolute Gasteiger partial charge is 0.149 e. The Morgan fingerprint density at radius 2 is 0.655 bits per heavy atom. The monoisotopic (exact) mass is 414 g/mol. The molecule has 0 N–H and O–H groups in total. The van der Waals surface area contributed by atoms with E-state index in [1.54, 1.807) is 9.80 Å². The van der Waals surface area contributed by atoms with Crippen LogP contribution >= 0.6 is 0 Å². The molecule has 0 rings (SSSR count). The number of rotatable bonds is 14. The van der Waals surface area contributed by atoms with E-state index in [-0.39, 0.29) is 94.5 Å². The van der Waals surface area contributed by atoms with Gasteiger partial charge < -0.3 is 0 Å². The molecule has 0 heterocycles. The van der Waals surface area contributed by atoms with Gasteiger partial charge in [-0.3, -0.25) is 29.0 Å². The van der Waals surface area contributed by atoms with Crippen LogP contribution in [0.2, 0.25) is 0 Å². The summed E-state index contributed by atoms with van der Waals surface area (Å²) >= 11 is 0. The molecule has 0 aromatic heterocycles. The molecule has 0 bridgehead atoms. The fraction of sp³-hybridized carbons (Fsp3) is 0.826. The number of carbonyl (C=O) groups excluding carboxylic acids is 4. The van der Waals surface area contributed by atoms with Gasteiger partial charge in [-0.15, -0.1) is 0 Å². The van der Waals surface area contributed by atoms with Crippen molar-refractivity contribution in [3.63, 3.8) is 0 Å². The minimum absolute atomic E-state index is 0. The zero-order valence-corrected chi connectivity index (χ0v) is 18.4. The highest BCUT2D eigenvalue weighted by Gasteiger charge is 2.24. The van der Waals surface area contributed by atoms with Crippen molar-refractivity contribution in [2.24, 2.45) is 23.7 Å². The second-order valence-corrected chi connectivity index (χ2v) is 8.60. The lowest BCUT2D eigenvalue weighted by Crippen LogP contribution is -2.48. The van der Waals surface area contributed by atoms with Gasteiger partial charge in [-0.2, -0.15) is 0 Å². The summed E-state index contributed by atoms with van der Waals surface area (Å²) in [6.07, 6.45) is 0. The molecule has 0 atom stereocenters. The Kier molecular flexibility index (Phi) is 17.2. The zero-order chi connectivity index (χ0) is 21.3. The Bertz CT molecular complexity index is 435. The highest BCUT2D eigenvalue weighted by atomic mass is 16.1. The molecule has 0 aliphatic carbocycles. The van der Waals surface area contributed by atoms with E-state index in [2.05, 4.69) is 0 Å². The van der Waals surface area contributed by atoms with Gasteiger partial charge in [0.05, 0.1) is 32.8 Å². The van der Waals surface area contributed by atoms with E-state index in [1.165, 1.54) is 0 Å². The summed E-state index contributed by atoms with van der Waals surface area (Å²) in [6.45, 7) is 15.4. The lowest BCUT2D eigenvalue weighted by molar-refractivity contribution is -0.128. The van der Waals surface area contributed by atoms with Crippen molar-refractivity contribution in [2.45, 2.75) is 70.2 Å². The number of carbonyl (C=O) groups is 4. The Balaban J connectivity index is -0.00000338. The number of nitrogens with zero attached hydrogens (tertiary/aromatic N) is 2. The molecule has 0 aliphatic rings. The first-order valence-corrected chi connectivity index (χ1v) is 9.90. The lowest BCUT2D eigenvalue weighted by atomic mass is 10.1. The van der Waals surface area contributed by atoms with Crippen LogP contribution in [-0.4, -0.2) is 65.8 Å². The predicted molar refractivity (Wildman–Crippen MR) is 121 cm³/mol. The first-order chi connectivity index (χ1) is 12.3. The van der Waals surface area contributed by atoms with Crippen molar-refractivity contribution in [2.75, 3.05) is 32.8 Å². The first-order valence-electron chi connectivity index (χ1n) is 9.90.